The Hall–Kier alpha value is -2.08. The molecular weight excluding hydrogens is 272 g/mol. The Bertz CT molecular complexity index is 492. The Kier molecular flexibility index (Phi) is 5.16. The van der Waals surface area contributed by atoms with E-state index in [9.17, 15) is 9.59 Å². The van der Waals surface area contributed by atoms with Crippen LogP contribution in [-0.2, 0) is 20.9 Å². The fourth-order valence-electron chi connectivity index (χ4n) is 2.29. The molecule has 1 amide bonds. The highest BCUT2D eigenvalue weighted by Gasteiger charge is 2.39. The van der Waals surface area contributed by atoms with Gasteiger partial charge < -0.3 is 20.1 Å². The maximum Gasteiger partial charge on any atom is 0.410 e. The monoisotopic (exact) mass is 292 g/mol. The van der Waals surface area contributed by atoms with Gasteiger partial charge in [-0.2, -0.15) is 0 Å². The molecule has 1 fully saturated rings. The molecule has 0 spiro atoms. The zero-order valence-corrected chi connectivity index (χ0v) is 12.0. The Morgan fingerprint density at radius 3 is 2.62 bits per heavy atom. The lowest BCUT2D eigenvalue weighted by atomic mass is 10.1. The fraction of sp³-hybridized carbons (Fsp3) is 0.467. The molecule has 1 aromatic carbocycles. The summed E-state index contributed by atoms with van der Waals surface area (Å²) in [5.74, 6) is -0.836. The largest absolute Gasteiger partial charge is 0.466 e. The van der Waals surface area contributed by atoms with Crippen molar-refractivity contribution in [2.24, 2.45) is 11.7 Å². The molecule has 2 N–H and O–H groups in total. The van der Waals surface area contributed by atoms with Crippen LogP contribution in [0.2, 0.25) is 0 Å². The highest BCUT2D eigenvalue weighted by molar-refractivity contribution is 5.76. The van der Waals surface area contributed by atoms with E-state index in [0.29, 0.717) is 13.2 Å². The molecule has 0 unspecified atom stereocenters. The van der Waals surface area contributed by atoms with Gasteiger partial charge in [-0.1, -0.05) is 30.3 Å². The predicted octanol–water partition coefficient (Wildman–Crippen LogP) is 1.15. The SMILES string of the molecule is CCOC(=O)[C@@H]1CN(C(=O)OCc2ccccc2)C[C@@H]1N. The van der Waals surface area contributed by atoms with Gasteiger partial charge in [-0.15, -0.1) is 0 Å². The summed E-state index contributed by atoms with van der Waals surface area (Å²) in [6, 6.07) is 9.01. The molecule has 6 nitrogen and oxygen atoms in total. The number of likely N-dealkylation sites (tertiary alicyclic amines) is 1. The van der Waals surface area contributed by atoms with Gasteiger partial charge in [0.2, 0.25) is 0 Å². The van der Waals surface area contributed by atoms with Crippen molar-refractivity contribution < 1.29 is 19.1 Å². The quantitative estimate of drug-likeness (QED) is 0.842. The lowest BCUT2D eigenvalue weighted by molar-refractivity contribution is -0.147. The highest BCUT2D eigenvalue weighted by atomic mass is 16.6. The van der Waals surface area contributed by atoms with Crippen LogP contribution in [0, 0.1) is 5.92 Å². The number of amides is 1. The first kappa shape index (κ1) is 15.3. The first-order chi connectivity index (χ1) is 10.1. The number of carbonyl (C=O) groups excluding carboxylic acids is 2. The van der Waals surface area contributed by atoms with Crippen LogP contribution in [0.1, 0.15) is 12.5 Å². The molecule has 21 heavy (non-hydrogen) atoms. The number of nitrogens with two attached hydrogens (primary N) is 1. The molecule has 114 valence electrons. The third-order valence-electron chi connectivity index (χ3n) is 3.42. The van der Waals surface area contributed by atoms with Crippen LogP contribution in [-0.4, -0.2) is 42.7 Å². The summed E-state index contributed by atoms with van der Waals surface area (Å²) in [5.41, 5.74) is 6.81. The van der Waals surface area contributed by atoms with Crippen LogP contribution in [0.3, 0.4) is 0 Å². The maximum atomic E-state index is 12.0. The first-order valence-corrected chi connectivity index (χ1v) is 6.99. The van der Waals surface area contributed by atoms with E-state index in [2.05, 4.69) is 0 Å². The standard InChI is InChI=1S/C15H20N2O4/c1-2-20-14(18)12-8-17(9-13(12)16)15(19)21-10-11-6-4-3-5-7-11/h3-7,12-13H,2,8-10,16H2,1H3/t12-,13+/m1/s1. The fourth-order valence-corrected chi connectivity index (χ4v) is 2.29. The summed E-state index contributed by atoms with van der Waals surface area (Å²) in [6.45, 7) is 2.80. The van der Waals surface area contributed by atoms with Crippen molar-refractivity contribution >= 4 is 12.1 Å². The minimum Gasteiger partial charge on any atom is -0.466 e. The molecule has 1 aliphatic heterocycles. The Balaban J connectivity index is 1.85. The van der Waals surface area contributed by atoms with Gasteiger partial charge in [-0.3, -0.25) is 4.79 Å². The van der Waals surface area contributed by atoms with Crippen LogP contribution < -0.4 is 5.73 Å². The molecule has 2 rings (SSSR count). The summed E-state index contributed by atoms with van der Waals surface area (Å²) in [6.07, 6.45) is -0.457. The molecule has 0 aliphatic carbocycles. The summed E-state index contributed by atoms with van der Waals surface area (Å²) < 4.78 is 10.2. The maximum absolute atomic E-state index is 12.0. The molecule has 1 aliphatic rings. The van der Waals surface area contributed by atoms with Gasteiger partial charge in [0.25, 0.3) is 0 Å². The van der Waals surface area contributed by atoms with E-state index < -0.39 is 18.1 Å². The second-order valence-electron chi connectivity index (χ2n) is 4.97. The van der Waals surface area contributed by atoms with E-state index in [1.807, 2.05) is 30.3 Å². The van der Waals surface area contributed by atoms with Gasteiger partial charge in [0.1, 0.15) is 6.61 Å². The predicted molar refractivity (Wildman–Crippen MR) is 76.3 cm³/mol. The smallest absolute Gasteiger partial charge is 0.410 e. The minimum absolute atomic E-state index is 0.204. The second kappa shape index (κ2) is 7.08. The number of nitrogens with zero attached hydrogens (tertiary/aromatic N) is 1. The molecule has 1 saturated heterocycles. The minimum atomic E-state index is -0.478. The highest BCUT2D eigenvalue weighted by Crippen LogP contribution is 2.18. The van der Waals surface area contributed by atoms with Gasteiger partial charge in [-0.25, -0.2) is 4.79 Å². The van der Waals surface area contributed by atoms with E-state index in [0.717, 1.165) is 5.56 Å². The van der Waals surface area contributed by atoms with Gasteiger partial charge in [0.05, 0.1) is 12.5 Å². The average Bonchev–Trinajstić information content (AvgIpc) is 2.88. The number of esters is 1. The van der Waals surface area contributed by atoms with Crippen LogP contribution >= 0.6 is 0 Å². The van der Waals surface area contributed by atoms with Crippen molar-refractivity contribution in [1.29, 1.82) is 0 Å². The van der Waals surface area contributed by atoms with Gasteiger partial charge in [-0.05, 0) is 12.5 Å². The number of rotatable bonds is 4. The first-order valence-electron chi connectivity index (χ1n) is 6.99. The van der Waals surface area contributed by atoms with Gasteiger partial charge in [0, 0.05) is 19.1 Å². The normalized spacial score (nSPS) is 21.1. The zero-order valence-electron chi connectivity index (χ0n) is 12.0. The summed E-state index contributed by atoms with van der Waals surface area (Å²) in [7, 11) is 0. The van der Waals surface area contributed by atoms with Gasteiger partial charge in [0.15, 0.2) is 0 Å². The number of hydrogen-bond donors (Lipinski definition) is 1. The van der Waals surface area contributed by atoms with E-state index in [-0.39, 0.29) is 19.1 Å². The summed E-state index contributed by atoms with van der Waals surface area (Å²) in [5, 5.41) is 0. The van der Waals surface area contributed by atoms with Crippen LogP contribution in [0.4, 0.5) is 4.79 Å². The molecule has 1 heterocycles. The molecule has 2 atom stereocenters. The summed E-state index contributed by atoms with van der Waals surface area (Å²) >= 11 is 0. The van der Waals surface area contributed by atoms with Crippen molar-refractivity contribution in [3.05, 3.63) is 35.9 Å². The van der Waals surface area contributed by atoms with E-state index in [1.54, 1.807) is 6.92 Å². The Morgan fingerprint density at radius 1 is 1.24 bits per heavy atom. The van der Waals surface area contributed by atoms with Crippen LogP contribution in [0.5, 0.6) is 0 Å². The molecule has 0 aromatic heterocycles. The lowest BCUT2D eigenvalue weighted by Gasteiger charge is -2.15. The molecule has 1 aromatic rings. The molecule has 0 radical (unpaired) electrons. The number of carbonyl (C=O) groups is 2. The van der Waals surface area contributed by atoms with Crippen molar-refractivity contribution in [1.82, 2.24) is 4.90 Å². The lowest BCUT2D eigenvalue weighted by Crippen LogP contribution is -2.35. The van der Waals surface area contributed by atoms with E-state index in [1.165, 1.54) is 4.90 Å². The second-order valence-corrected chi connectivity index (χ2v) is 4.97. The number of benzene rings is 1. The van der Waals surface area contributed by atoms with Crippen molar-refractivity contribution in [2.75, 3.05) is 19.7 Å². The number of ether oxygens (including phenoxy) is 2. The molecule has 6 heteroatoms. The summed E-state index contributed by atoms with van der Waals surface area (Å²) in [4.78, 5) is 25.2. The Morgan fingerprint density at radius 2 is 1.95 bits per heavy atom. The van der Waals surface area contributed by atoms with Gasteiger partial charge >= 0.3 is 12.1 Å². The van der Waals surface area contributed by atoms with E-state index >= 15 is 0 Å². The average molecular weight is 292 g/mol. The molecule has 0 bridgehead atoms. The number of hydrogen-bond acceptors (Lipinski definition) is 5. The third kappa shape index (κ3) is 3.95. The van der Waals surface area contributed by atoms with E-state index in [4.69, 9.17) is 15.2 Å². The van der Waals surface area contributed by atoms with Crippen molar-refractivity contribution in [2.45, 2.75) is 19.6 Å². The third-order valence-corrected chi connectivity index (χ3v) is 3.42. The topological polar surface area (TPSA) is 81.9 Å². The van der Waals surface area contributed by atoms with Crippen LogP contribution in [0.25, 0.3) is 0 Å². The Labute approximate surface area is 123 Å². The zero-order chi connectivity index (χ0) is 15.2. The molecule has 0 saturated carbocycles. The van der Waals surface area contributed by atoms with Crippen LogP contribution in [0.15, 0.2) is 30.3 Å². The molecular formula is C15H20N2O4. The van der Waals surface area contributed by atoms with Crippen molar-refractivity contribution in [3.8, 4) is 0 Å². The van der Waals surface area contributed by atoms with Crippen molar-refractivity contribution in [3.63, 3.8) is 0 Å².